The summed E-state index contributed by atoms with van der Waals surface area (Å²) >= 11 is 0. The van der Waals surface area contributed by atoms with Crippen LogP contribution in [0.2, 0.25) is 0 Å². The van der Waals surface area contributed by atoms with E-state index in [0.717, 1.165) is 11.3 Å². The summed E-state index contributed by atoms with van der Waals surface area (Å²) in [5.74, 6) is 0.813. The summed E-state index contributed by atoms with van der Waals surface area (Å²) in [6, 6.07) is 9.78. The van der Waals surface area contributed by atoms with Crippen LogP contribution in [0, 0.1) is 11.3 Å². The van der Waals surface area contributed by atoms with Crippen molar-refractivity contribution in [1.82, 2.24) is 19.7 Å². The molecule has 0 amide bonds. The minimum absolute atomic E-state index is 0.344. The van der Waals surface area contributed by atoms with Gasteiger partial charge in [0.05, 0.1) is 25.2 Å². The summed E-state index contributed by atoms with van der Waals surface area (Å²) in [6.07, 6.45) is 3.00. The molecule has 6 heteroatoms. The predicted molar refractivity (Wildman–Crippen MR) is 72.1 cm³/mol. The SMILES string of the molecule is COc1ccc(Cn2ncc3c(C#N)ncnc32)cc1. The monoisotopic (exact) mass is 265 g/mol. The summed E-state index contributed by atoms with van der Waals surface area (Å²) < 4.78 is 6.88. The molecular weight excluding hydrogens is 254 g/mol. The highest BCUT2D eigenvalue weighted by molar-refractivity contribution is 5.79. The molecule has 20 heavy (non-hydrogen) atoms. The summed E-state index contributed by atoms with van der Waals surface area (Å²) in [6.45, 7) is 0.579. The Morgan fingerprint density at radius 1 is 1.25 bits per heavy atom. The van der Waals surface area contributed by atoms with Crippen molar-refractivity contribution in [2.45, 2.75) is 6.54 Å². The largest absolute Gasteiger partial charge is 0.497 e. The maximum Gasteiger partial charge on any atom is 0.162 e. The van der Waals surface area contributed by atoms with Gasteiger partial charge in [-0.25, -0.2) is 14.6 Å². The van der Waals surface area contributed by atoms with Crippen LogP contribution < -0.4 is 4.74 Å². The molecule has 0 fully saturated rings. The number of ether oxygens (including phenoxy) is 1. The van der Waals surface area contributed by atoms with Crippen molar-refractivity contribution in [1.29, 1.82) is 5.26 Å². The van der Waals surface area contributed by atoms with Crippen LogP contribution in [0.15, 0.2) is 36.8 Å². The molecule has 98 valence electrons. The van der Waals surface area contributed by atoms with Crippen molar-refractivity contribution in [3.05, 3.63) is 48.0 Å². The van der Waals surface area contributed by atoms with E-state index in [9.17, 15) is 0 Å². The normalized spacial score (nSPS) is 10.4. The Hall–Kier alpha value is -2.94. The quantitative estimate of drug-likeness (QED) is 0.721. The average molecular weight is 265 g/mol. The van der Waals surface area contributed by atoms with Gasteiger partial charge in [-0.1, -0.05) is 12.1 Å². The second-order valence-electron chi connectivity index (χ2n) is 4.22. The van der Waals surface area contributed by atoms with Crippen molar-refractivity contribution in [2.75, 3.05) is 7.11 Å². The molecule has 0 saturated heterocycles. The number of hydrogen-bond acceptors (Lipinski definition) is 5. The van der Waals surface area contributed by atoms with E-state index < -0.39 is 0 Å². The highest BCUT2D eigenvalue weighted by atomic mass is 16.5. The molecule has 0 N–H and O–H groups in total. The van der Waals surface area contributed by atoms with E-state index >= 15 is 0 Å². The van der Waals surface area contributed by atoms with Gasteiger partial charge < -0.3 is 4.74 Å². The molecule has 0 spiro atoms. The molecule has 0 atom stereocenters. The fourth-order valence-electron chi connectivity index (χ4n) is 2.00. The van der Waals surface area contributed by atoms with Crippen molar-refractivity contribution in [3.63, 3.8) is 0 Å². The van der Waals surface area contributed by atoms with Crippen LogP contribution in [0.4, 0.5) is 0 Å². The zero-order valence-corrected chi connectivity index (χ0v) is 10.8. The third kappa shape index (κ3) is 2.06. The second-order valence-corrected chi connectivity index (χ2v) is 4.22. The first-order valence-electron chi connectivity index (χ1n) is 6.01. The van der Waals surface area contributed by atoms with Crippen LogP contribution in [0.1, 0.15) is 11.3 Å². The lowest BCUT2D eigenvalue weighted by atomic mass is 10.2. The fourth-order valence-corrected chi connectivity index (χ4v) is 2.00. The molecule has 3 rings (SSSR count). The fraction of sp³-hybridized carbons (Fsp3) is 0.143. The van der Waals surface area contributed by atoms with Crippen LogP contribution in [-0.2, 0) is 6.54 Å². The summed E-state index contributed by atoms with van der Waals surface area (Å²) in [5.41, 5.74) is 2.08. The van der Waals surface area contributed by atoms with Crippen molar-refractivity contribution in [3.8, 4) is 11.8 Å². The first kappa shape index (κ1) is 12.1. The van der Waals surface area contributed by atoms with Gasteiger partial charge in [0.15, 0.2) is 11.3 Å². The molecule has 0 aliphatic carbocycles. The van der Waals surface area contributed by atoms with Crippen molar-refractivity contribution in [2.24, 2.45) is 0 Å². The zero-order chi connectivity index (χ0) is 13.9. The van der Waals surface area contributed by atoms with Gasteiger partial charge in [-0.15, -0.1) is 0 Å². The molecule has 3 aromatic rings. The third-order valence-corrected chi connectivity index (χ3v) is 3.03. The Labute approximate surface area is 115 Å². The molecule has 1 aromatic carbocycles. The van der Waals surface area contributed by atoms with Crippen LogP contribution in [-0.4, -0.2) is 26.9 Å². The average Bonchev–Trinajstić information content (AvgIpc) is 2.91. The molecule has 0 aliphatic rings. The van der Waals surface area contributed by atoms with Gasteiger partial charge in [-0.3, -0.25) is 0 Å². The van der Waals surface area contributed by atoms with E-state index in [1.165, 1.54) is 6.33 Å². The number of aromatic nitrogens is 4. The van der Waals surface area contributed by atoms with Crippen molar-refractivity contribution >= 4 is 11.0 Å². The number of nitriles is 1. The van der Waals surface area contributed by atoms with Gasteiger partial charge in [-0.2, -0.15) is 10.4 Å². The Balaban J connectivity index is 1.96. The van der Waals surface area contributed by atoms with Gasteiger partial charge in [0.2, 0.25) is 0 Å². The van der Waals surface area contributed by atoms with Gasteiger partial charge in [0, 0.05) is 0 Å². The number of nitrogens with zero attached hydrogens (tertiary/aromatic N) is 5. The minimum atomic E-state index is 0.344. The number of benzene rings is 1. The highest BCUT2D eigenvalue weighted by Gasteiger charge is 2.09. The molecule has 0 bridgehead atoms. The lowest BCUT2D eigenvalue weighted by molar-refractivity contribution is 0.414. The maximum atomic E-state index is 9.00. The summed E-state index contributed by atoms with van der Waals surface area (Å²) in [7, 11) is 1.64. The number of rotatable bonds is 3. The number of fused-ring (bicyclic) bond motifs is 1. The van der Waals surface area contributed by atoms with Gasteiger partial charge in [0.25, 0.3) is 0 Å². The van der Waals surface area contributed by atoms with Crippen molar-refractivity contribution < 1.29 is 4.74 Å². The first-order chi connectivity index (χ1) is 9.81. The van der Waals surface area contributed by atoms with E-state index in [1.807, 2.05) is 30.3 Å². The van der Waals surface area contributed by atoms with Gasteiger partial charge >= 0.3 is 0 Å². The van der Waals surface area contributed by atoms with Gasteiger partial charge in [0.1, 0.15) is 18.1 Å². The van der Waals surface area contributed by atoms with E-state index in [-0.39, 0.29) is 0 Å². The maximum absolute atomic E-state index is 9.00. The van der Waals surface area contributed by atoms with Gasteiger partial charge in [-0.05, 0) is 17.7 Å². The van der Waals surface area contributed by atoms with Crippen LogP contribution in [0.5, 0.6) is 5.75 Å². The minimum Gasteiger partial charge on any atom is -0.497 e. The first-order valence-corrected chi connectivity index (χ1v) is 6.01. The molecule has 0 aliphatic heterocycles. The number of hydrogen-bond donors (Lipinski definition) is 0. The lowest BCUT2D eigenvalue weighted by Gasteiger charge is -2.04. The predicted octanol–water partition coefficient (Wildman–Crippen LogP) is 1.75. The topological polar surface area (TPSA) is 76.6 Å². The second kappa shape index (κ2) is 4.97. The summed E-state index contributed by atoms with van der Waals surface area (Å²) in [5, 5.41) is 13.9. The molecule has 0 unspecified atom stereocenters. The van der Waals surface area contributed by atoms with E-state index in [4.69, 9.17) is 10.00 Å². The Morgan fingerprint density at radius 2 is 2.05 bits per heavy atom. The van der Waals surface area contributed by atoms with Crippen LogP contribution in [0.25, 0.3) is 11.0 Å². The molecule has 6 nitrogen and oxygen atoms in total. The van der Waals surface area contributed by atoms with Crippen LogP contribution in [0.3, 0.4) is 0 Å². The smallest absolute Gasteiger partial charge is 0.162 e. The summed E-state index contributed by atoms with van der Waals surface area (Å²) in [4.78, 5) is 8.12. The Kier molecular flexibility index (Phi) is 3.01. The Morgan fingerprint density at radius 3 is 2.75 bits per heavy atom. The molecule has 0 saturated carbocycles. The zero-order valence-electron chi connectivity index (χ0n) is 10.8. The standard InChI is InChI=1S/C14H11N5O/c1-20-11-4-2-10(3-5-11)8-19-14-12(7-18-19)13(6-15)16-9-17-14/h2-5,7,9H,8H2,1H3. The molecule has 2 aromatic heterocycles. The van der Waals surface area contributed by atoms with E-state index in [2.05, 4.69) is 15.1 Å². The van der Waals surface area contributed by atoms with E-state index in [1.54, 1.807) is 18.0 Å². The Bertz CT molecular complexity index is 785. The molecule has 0 radical (unpaired) electrons. The van der Waals surface area contributed by atoms with Crippen LogP contribution >= 0.6 is 0 Å². The lowest BCUT2D eigenvalue weighted by Crippen LogP contribution is -2.03. The molecule has 2 heterocycles. The number of methoxy groups -OCH3 is 1. The third-order valence-electron chi connectivity index (χ3n) is 3.03. The molecular formula is C14H11N5O. The highest BCUT2D eigenvalue weighted by Crippen LogP contribution is 2.16. The van der Waals surface area contributed by atoms with E-state index in [0.29, 0.717) is 23.3 Å².